The monoisotopic (exact) mass is 337 g/mol. The molecule has 2 atom stereocenters. The van der Waals surface area contributed by atoms with Gasteiger partial charge in [-0.3, -0.25) is 0 Å². The Morgan fingerprint density at radius 1 is 1.23 bits per heavy atom. The number of thiophene rings is 1. The molecule has 3 rings (SSSR count). The summed E-state index contributed by atoms with van der Waals surface area (Å²) in [6.07, 6.45) is 1.35. The molecule has 0 saturated carbocycles. The van der Waals surface area contributed by atoms with Crippen LogP contribution in [-0.2, 0) is 21.2 Å². The molecule has 1 saturated heterocycles. The van der Waals surface area contributed by atoms with Crippen molar-refractivity contribution in [1.82, 2.24) is 4.31 Å². The highest BCUT2D eigenvalue weighted by molar-refractivity contribution is 7.91. The molecule has 1 aromatic heterocycles. The third-order valence-electron chi connectivity index (χ3n) is 4.08. The average molecular weight is 337 g/mol. The van der Waals surface area contributed by atoms with Crippen LogP contribution in [0, 0.1) is 0 Å². The van der Waals surface area contributed by atoms with Gasteiger partial charge in [0.2, 0.25) is 0 Å². The summed E-state index contributed by atoms with van der Waals surface area (Å²) in [7, 11) is -1.78. The quantitative estimate of drug-likeness (QED) is 0.843. The number of ether oxygens (including phenoxy) is 1. The average Bonchev–Trinajstić information content (AvgIpc) is 3.18. The zero-order valence-electron chi connectivity index (χ0n) is 12.4. The van der Waals surface area contributed by atoms with Crippen molar-refractivity contribution in [3.05, 3.63) is 53.4 Å². The molecule has 6 heteroatoms. The zero-order valence-corrected chi connectivity index (χ0v) is 14.0. The van der Waals surface area contributed by atoms with E-state index in [9.17, 15) is 8.42 Å². The van der Waals surface area contributed by atoms with Gasteiger partial charge in [0, 0.05) is 13.7 Å². The summed E-state index contributed by atoms with van der Waals surface area (Å²) in [5.74, 6) is 0. The predicted molar refractivity (Wildman–Crippen MR) is 87.6 cm³/mol. The smallest absolute Gasteiger partial charge is 0.252 e. The lowest BCUT2D eigenvalue weighted by molar-refractivity contribution is 0.0810. The van der Waals surface area contributed by atoms with Crippen molar-refractivity contribution in [2.75, 3.05) is 13.7 Å². The number of rotatable bonds is 5. The molecule has 1 aliphatic heterocycles. The summed E-state index contributed by atoms with van der Waals surface area (Å²) in [5.41, 5.74) is 1.13. The molecule has 1 fully saturated rings. The molecule has 1 aliphatic rings. The van der Waals surface area contributed by atoms with E-state index in [2.05, 4.69) is 0 Å². The Balaban J connectivity index is 1.90. The SMILES string of the molecule is CO[C@@H]1CCN(S(=O)(=O)c2cccs2)[C@H]1Cc1ccccc1. The van der Waals surface area contributed by atoms with Crippen LogP contribution in [0.15, 0.2) is 52.1 Å². The molecule has 118 valence electrons. The van der Waals surface area contributed by atoms with Crippen LogP contribution in [0.2, 0.25) is 0 Å². The predicted octanol–water partition coefficient (Wildman–Crippen LogP) is 2.77. The maximum Gasteiger partial charge on any atom is 0.252 e. The first-order valence-corrected chi connectivity index (χ1v) is 9.57. The Morgan fingerprint density at radius 2 is 2.00 bits per heavy atom. The van der Waals surface area contributed by atoms with Gasteiger partial charge >= 0.3 is 0 Å². The summed E-state index contributed by atoms with van der Waals surface area (Å²) in [6.45, 7) is 0.510. The van der Waals surface area contributed by atoms with E-state index >= 15 is 0 Å². The third kappa shape index (κ3) is 2.96. The summed E-state index contributed by atoms with van der Waals surface area (Å²) >= 11 is 1.26. The first kappa shape index (κ1) is 15.7. The van der Waals surface area contributed by atoms with E-state index in [0.717, 1.165) is 12.0 Å². The van der Waals surface area contributed by atoms with Crippen molar-refractivity contribution >= 4 is 21.4 Å². The van der Waals surface area contributed by atoms with Gasteiger partial charge in [0.1, 0.15) is 4.21 Å². The van der Waals surface area contributed by atoms with Crippen molar-refractivity contribution in [1.29, 1.82) is 0 Å². The topological polar surface area (TPSA) is 46.6 Å². The molecule has 4 nitrogen and oxygen atoms in total. The molecule has 0 N–H and O–H groups in total. The minimum absolute atomic E-state index is 0.0602. The van der Waals surface area contributed by atoms with Crippen LogP contribution in [0.5, 0.6) is 0 Å². The molecule has 0 amide bonds. The lowest BCUT2D eigenvalue weighted by Gasteiger charge is -2.26. The fourth-order valence-electron chi connectivity index (χ4n) is 2.99. The molecule has 0 radical (unpaired) electrons. The number of methoxy groups -OCH3 is 1. The normalized spacial score (nSPS) is 23.0. The number of sulfonamides is 1. The van der Waals surface area contributed by atoms with E-state index in [-0.39, 0.29) is 12.1 Å². The molecular formula is C16H19NO3S2. The minimum atomic E-state index is -3.44. The molecule has 0 aliphatic carbocycles. The number of benzene rings is 1. The van der Waals surface area contributed by atoms with E-state index in [4.69, 9.17) is 4.74 Å². The van der Waals surface area contributed by atoms with Crippen molar-refractivity contribution in [3.8, 4) is 0 Å². The molecule has 0 unspecified atom stereocenters. The Labute approximate surface area is 135 Å². The Hall–Kier alpha value is -1.21. The highest BCUT2D eigenvalue weighted by atomic mass is 32.2. The van der Waals surface area contributed by atoms with E-state index in [1.54, 1.807) is 28.9 Å². The standard InChI is InChI=1S/C16H19NO3S2/c1-20-15-9-10-17(22(18,19)16-8-5-11-21-16)14(15)12-13-6-3-2-4-7-13/h2-8,11,14-15H,9-10,12H2,1H3/t14-,15+/m0/s1. The number of nitrogens with zero attached hydrogens (tertiary/aromatic N) is 1. The fraction of sp³-hybridized carbons (Fsp3) is 0.375. The van der Waals surface area contributed by atoms with Crippen LogP contribution in [0.1, 0.15) is 12.0 Å². The molecule has 0 spiro atoms. The Kier molecular flexibility index (Phi) is 4.63. The maximum atomic E-state index is 12.8. The van der Waals surface area contributed by atoms with E-state index in [1.807, 2.05) is 30.3 Å². The highest BCUT2D eigenvalue weighted by Gasteiger charge is 2.42. The van der Waals surface area contributed by atoms with Gasteiger partial charge < -0.3 is 4.74 Å². The van der Waals surface area contributed by atoms with Crippen molar-refractivity contribution < 1.29 is 13.2 Å². The lowest BCUT2D eigenvalue weighted by Crippen LogP contribution is -2.41. The van der Waals surface area contributed by atoms with E-state index in [1.165, 1.54) is 11.3 Å². The van der Waals surface area contributed by atoms with Crippen LogP contribution < -0.4 is 0 Å². The lowest BCUT2D eigenvalue weighted by atomic mass is 10.0. The van der Waals surface area contributed by atoms with Gasteiger partial charge in [-0.05, 0) is 29.9 Å². The first-order valence-electron chi connectivity index (χ1n) is 7.25. The van der Waals surface area contributed by atoms with Gasteiger partial charge in [-0.1, -0.05) is 36.4 Å². The van der Waals surface area contributed by atoms with Gasteiger partial charge in [0.15, 0.2) is 0 Å². The summed E-state index contributed by atoms with van der Waals surface area (Å²) in [4.78, 5) is 0. The molecule has 1 aromatic carbocycles. The van der Waals surface area contributed by atoms with Crippen LogP contribution in [0.4, 0.5) is 0 Å². The van der Waals surface area contributed by atoms with Crippen molar-refractivity contribution in [2.45, 2.75) is 29.2 Å². The minimum Gasteiger partial charge on any atom is -0.380 e. The fourth-order valence-corrected chi connectivity index (χ4v) is 5.77. The third-order valence-corrected chi connectivity index (χ3v) is 7.38. The van der Waals surface area contributed by atoms with E-state index in [0.29, 0.717) is 17.2 Å². The van der Waals surface area contributed by atoms with Crippen molar-refractivity contribution in [3.63, 3.8) is 0 Å². The van der Waals surface area contributed by atoms with Gasteiger partial charge in [0.05, 0.1) is 12.1 Å². The maximum absolute atomic E-state index is 12.8. The Bertz CT molecular complexity index is 698. The van der Waals surface area contributed by atoms with E-state index < -0.39 is 10.0 Å². The summed E-state index contributed by atoms with van der Waals surface area (Å²) in [6, 6.07) is 13.3. The van der Waals surface area contributed by atoms with Gasteiger partial charge in [0.25, 0.3) is 10.0 Å². The van der Waals surface area contributed by atoms with Gasteiger partial charge in [-0.2, -0.15) is 4.31 Å². The van der Waals surface area contributed by atoms with Gasteiger partial charge in [-0.25, -0.2) is 8.42 Å². The number of hydrogen-bond donors (Lipinski definition) is 0. The zero-order chi connectivity index (χ0) is 15.6. The molecule has 2 heterocycles. The second kappa shape index (κ2) is 6.50. The molecule has 0 bridgehead atoms. The van der Waals surface area contributed by atoms with Crippen LogP contribution in [0.25, 0.3) is 0 Å². The highest BCUT2D eigenvalue weighted by Crippen LogP contribution is 2.31. The molecular weight excluding hydrogens is 318 g/mol. The number of hydrogen-bond acceptors (Lipinski definition) is 4. The second-order valence-electron chi connectivity index (χ2n) is 5.37. The van der Waals surface area contributed by atoms with Crippen molar-refractivity contribution in [2.24, 2.45) is 0 Å². The van der Waals surface area contributed by atoms with Gasteiger partial charge in [-0.15, -0.1) is 11.3 Å². The molecule has 2 aromatic rings. The summed E-state index contributed by atoms with van der Waals surface area (Å²) < 4.78 is 33.2. The van der Waals surface area contributed by atoms with Crippen LogP contribution in [-0.4, -0.2) is 38.5 Å². The van der Waals surface area contributed by atoms with Crippen LogP contribution >= 0.6 is 11.3 Å². The first-order chi connectivity index (χ1) is 10.6. The second-order valence-corrected chi connectivity index (χ2v) is 8.43. The largest absolute Gasteiger partial charge is 0.380 e. The molecule has 22 heavy (non-hydrogen) atoms. The van der Waals surface area contributed by atoms with Crippen LogP contribution in [0.3, 0.4) is 0 Å². The summed E-state index contributed by atoms with van der Waals surface area (Å²) in [5, 5.41) is 1.79. The Morgan fingerprint density at radius 3 is 2.64 bits per heavy atom.